The van der Waals surface area contributed by atoms with Crippen molar-refractivity contribution in [1.29, 1.82) is 0 Å². The standard InChI is InChI=1S/C41H43N3S2/c1-24-20-30(7)36(31(8)21-24)43-40(45-38-26(3)14-11-15-27(38)4)34-18-13-19-35(42-34)41(46-39-28(5)16-12-17-29(39)6)44-37-32(9)22-25(2)23-33(37)10/h11-23H,1-10H3. The number of pyridine rings is 1. The van der Waals surface area contributed by atoms with Crippen molar-refractivity contribution < 1.29 is 0 Å². The van der Waals surface area contributed by atoms with Gasteiger partial charge in [-0.05, 0) is 126 Å². The summed E-state index contributed by atoms with van der Waals surface area (Å²) in [6.45, 7) is 21.5. The minimum absolute atomic E-state index is 0.830. The fourth-order valence-corrected chi connectivity index (χ4v) is 7.97. The molecule has 0 atom stereocenters. The van der Waals surface area contributed by atoms with Gasteiger partial charge >= 0.3 is 0 Å². The highest BCUT2D eigenvalue weighted by molar-refractivity contribution is 8.14. The third-order valence-corrected chi connectivity index (χ3v) is 10.8. The van der Waals surface area contributed by atoms with E-state index in [-0.39, 0.29) is 0 Å². The van der Waals surface area contributed by atoms with Gasteiger partial charge in [0.15, 0.2) is 0 Å². The third kappa shape index (κ3) is 7.54. The van der Waals surface area contributed by atoms with Gasteiger partial charge in [-0.1, -0.05) is 101 Å². The van der Waals surface area contributed by atoms with Crippen LogP contribution in [-0.2, 0) is 0 Å². The van der Waals surface area contributed by atoms with E-state index in [2.05, 4.69) is 148 Å². The molecule has 0 fully saturated rings. The minimum atomic E-state index is 0.830. The zero-order chi connectivity index (χ0) is 33.1. The molecular weight excluding hydrogens is 599 g/mol. The van der Waals surface area contributed by atoms with Gasteiger partial charge in [0.05, 0.1) is 22.8 Å². The van der Waals surface area contributed by atoms with Crippen LogP contribution in [0.5, 0.6) is 0 Å². The molecule has 0 aliphatic rings. The van der Waals surface area contributed by atoms with Crippen LogP contribution in [0.1, 0.15) is 67.0 Å². The van der Waals surface area contributed by atoms with Gasteiger partial charge in [0.2, 0.25) is 0 Å². The highest BCUT2D eigenvalue weighted by atomic mass is 32.2. The van der Waals surface area contributed by atoms with Crippen LogP contribution in [0, 0.1) is 69.2 Å². The average molecular weight is 642 g/mol. The van der Waals surface area contributed by atoms with E-state index in [9.17, 15) is 0 Å². The maximum Gasteiger partial charge on any atom is 0.127 e. The summed E-state index contributed by atoms with van der Waals surface area (Å²) in [5, 5.41) is 1.74. The summed E-state index contributed by atoms with van der Waals surface area (Å²) in [6.07, 6.45) is 0. The van der Waals surface area contributed by atoms with Gasteiger partial charge in [-0.2, -0.15) is 0 Å². The van der Waals surface area contributed by atoms with Crippen molar-refractivity contribution in [2.24, 2.45) is 9.98 Å². The molecule has 0 N–H and O–H groups in total. The van der Waals surface area contributed by atoms with E-state index in [1.807, 2.05) is 0 Å². The fourth-order valence-electron chi connectivity index (χ4n) is 5.95. The summed E-state index contributed by atoms with van der Waals surface area (Å²) in [7, 11) is 0. The third-order valence-electron chi connectivity index (χ3n) is 8.10. The molecule has 0 aliphatic carbocycles. The second kappa shape index (κ2) is 14.2. The van der Waals surface area contributed by atoms with Crippen LogP contribution < -0.4 is 0 Å². The van der Waals surface area contributed by atoms with Gasteiger partial charge in [-0.15, -0.1) is 0 Å². The molecule has 1 aromatic heterocycles. The van der Waals surface area contributed by atoms with E-state index in [1.165, 1.54) is 43.2 Å². The molecule has 0 saturated carbocycles. The molecule has 0 radical (unpaired) electrons. The van der Waals surface area contributed by atoms with Crippen molar-refractivity contribution >= 4 is 45.0 Å². The van der Waals surface area contributed by atoms with Crippen molar-refractivity contribution in [2.75, 3.05) is 0 Å². The lowest BCUT2D eigenvalue weighted by atomic mass is 10.1. The highest BCUT2D eigenvalue weighted by Gasteiger charge is 2.18. The Bertz CT molecular complexity index is 1780. The topological polar surface area (TPSA) is 37.6 Å². The maximum atomic E-state index is 5.35. The fraction of sp³-hybridized carbons (Fsp3) is 0.244. The Labute approximate surface area is 283 Å². The molecule has 0 unspecified atom stereocenters. The Balaban J connectivity index is 1.71. The Morgan fingerprint density at radius 3 is 1.07 bits per heavy atom. The summed E-state index contributed by atoms with van der Waals surface area (Å²) in [4.78, 5) is 18.4. The summed E-state index contributed by atoms with van der Waals surface area (Å²) >= 11 is 3.38. The van der Waals surface area contributed by atoms with Crippen molar-refractivity contribution in [3.05, 3.63) is 146 Å². The van der Waals surface area contributed by atoms with Crippen molar-refractivity contribution in [3.63, 3.8) is 0 Å². The molecule has 46 heavy (non-hydrogen) atoms. The predicted molar refractivity (Wildman–Crippen MR) is 201 cm³/mol. The SMILES string of the molecule is Cc1cc(C)c(N=C(Sc2c(C)cccc2C)c2cccc(C(=Nc3c(C)cc(C)cc3C)Sc3c(C)cccc3C)n2)c(C)c1. The number of nitrogens with zero attached hydrogens (tertiary/aromatic N) is 3. The van der Waals surface area contributed by atoms with Gasteiger partial charge < -0.3 is 0 Å². The van der Waals surface area contributed by atoms with E-state index in [0.29, 0.717) is 0 Å². The summed E-state index contributed by atoms with van der Waals surface area (Å²) in [5.41, 5.74) is 15.7. The molecule has 0 amide bonds. The summed E-state index contributed by atoms with van der Waals surface area (Å²) in [5.74, 6) is 0. The second-order valence-corrected chi connectivity index (χ2v) is 14.4. The molecule has 0 bridgehead atoms. The number of rotatable bonds is 6. The average Bonchev–Trinajstić information content (AvgIpc) is 2.98. The highest BCUT2D eigenvalue weighted by Crippen LogP contribution is 2.36. The molecule has 0 spiro atoms. The first-order valence-corrected chi connectivity index (χ1v) is 17.3. The Morgan fingerprint density at radius 2 is 0.739 bits per heavy atom. The molecule has 0 saturated heterocycles. The molecule has 1 heterocycles. The molecule has 4 aromatic carbocycles. The van der Waals surface area contributed by atoms with Gasteiger partial charge in [0.25, 0.3) is 0 Å². The van der Waals surface area contributed by atoms with Crippen LogP contribution in [0.2, 0.25) is 0 Å². The number of thioether (sulfide) groups is 2. The van der Waals surface area contributed by atoms with Crippen LogP contribution in [0.3, 0.4) is 0 Å². The largest absolute Gasteiger partial charge is 0.243 e. The molecular formula is C41H43N3S2. The molecule has 5 rings (SSSR count). The monoisotopic (exact) mass is 641 g/mol. The zero-order valence-corrected chi connectivity index (χ0v) is 30.3. The van der Waals surface area contributed by atoms with Crippen molar-refractivity contribution in [1.82, 2.24) is 4.98 Å². The summed E-state index contributed by atoms with van der Waals surface area (Å²) < 4.78 is 0. The molecule has 3 nitrogen and oxygen atoms in total. The van der Waals surface area contributed by atoms with Crippen LogP contribution in [0.4, 0.5) is 11.4 Å². The quantitative estimate of drug-likeness (QED) is 0.105. The number of hydrogen-bond donors (Lipinski definition) is 0. The Hall–Kier alpha value is -3.93. The lowest BCUT2D eigenvalue weighted by molar-refractivity contribution is 1.22. The molecule has 5 heteroatoms. The number of aliphatic imine (C=N–C) groups is 2. The lowest BCUT2D eigenvalue weighted by Crippen LogP contribution is -2.07. The number of aromatic nitrogens is 1. The zero-order valence-electron chi connectivity index (χ0n) is 28.7. The molecule has 5 aromatic rings. The molecule has 234 valence electrons. The first-order valence-electron chi connectivity index (χ1n) is 15.7. The first kappa shape index (κ1) is 33.4. The van der Waals surface area contributed by atoms with Crippen molar-refractivity contribution in [2.45, 2.75) is 79.0 Å². The minimum Gasteiger partial charge on any atom is -0.243 e. The summed E-state index contributed by atoms with van der Waals surface area (Å²) in [6, 6.07) is 27.9. The van der Waals surface area contributed by atoms with Gasteiger partial charge in [-0.3, -0.25) is 0 Å². The number of aryl methyl sites for hydroxylation is 10. The smallest absolute Gasteiger partial charge is 0.127 e. The van der Waals surface area contributed by atoms with E-state index in [0.717, 1.165) is 55.1 Å². The first-order chi connectivity index (χ1) is 21.9. The van der Waals surface area contributed by atoms with E-state index in [4.69, 9.17) is 15.0 Å². The van der Waals surface area contributed by atoms with Crippen molar-refractivity contribution in [3.8, 4) is 0 Å². The van der Waals surface area contributed by atoms with Crippen LogP contribution in [0.25, 0.3) is 0 Å². The van der Waals surface area contributed by atoms with Gasteiger partial charge in [0, 0.05) is 9.79 Å². The second-order valence-electron chi connectivity index (χ2n) is 12.4. The number of hydrogen-bond acceptors (Lipinski definition) is 5. The molecule has 0 aliphatic heterocycles. The van der Waals surface area contributed by atoms with Crippen LogP contribution in [-0.4, -0.2) is 15.1 Å². The van der Waals surface area contributed by atoms with E-state index in [1.54, 1.807) is 23.5 Å². The normalized spacial score (nSPS) is 12.1. The maximum absolute atomic E-state index is 5.35. The van der Waals surface area contributed by atoms with Crippen LogP contribution >= 0.6 is 23.5 Å². The van der Waals surface area contributed by atoms with Gasteiger partial charge in [-0.25, -0.2) is 15.0 Å². The van der Waals surface area contributed by atoms with Gasteiger partial charge in [0.1, 0.15) is 10.1 Å². The van der Waals surface area contributed by atoms with E-state index >= 15 is 0 Å². The lowest BCUT2D eigenvalue weighted by Gasteiger charge is -2.16. The Morgan fingerprint density at radius 1 is 0.435 bits per heavy atom. The predicted octanol–water partition coefficient (Wildman–Crippen LogP) is 11.9. The van der Waals surface area contributed by atoms with E-state index < -0.39 is 0 Å². The van der Waals surface area contributed by atoms with Crippen LogP contribution in [0.15, 0.2) is 98.6 Å². The number of benzene rings is 4. The Kier molecular flexibility index (Phi) is 10.3.